The predicted molar refractivity (Wildman–Crippen MR) is 39.2 cm³/mol. The van der Waals surface area contributed by atoms with Gasteiger partial charge < -0.3 is 10.5 Å². The zero-order valence-electron chi connectivity index (χ0n) is 6.39. The zero-order valence-corrected chi connectivity index (χ0v) is 6.39. The van der Waals surface area contributed by atoms with Gasteiger partial charge in [-0.2, -0.15) is 0 Å². The van der Waals surface area contributed by atoms with Crippen molar-refractivity contribution in [3.05, 3.63) is 11.8 Å². The molecule has 0 spiro atoms. The van der Waals surface area contributed by atoms with E-state index in [9.17, 15) is 4.79 Å². The Morgan fingerprint density at radius 3 is 2.70 bits per heavy atom. The van der Waals surface area contributed by atoms with Gasteiger partial charge in [0.1, 0.15) is 5.70 Å². The van der Waals surface area contributed by atoms with Crippen molar-refractivity contribution in [2.45, 2.75) is 20.3 Å². The Bertz CT molecular complexity index is 141. The van der Waals surface area contributed by atoms with Gasteiger partial charge >= 0.3 is 5.97 Å². The molecule has 0 aliphatic heterocycles. The van der Waals surface area contributed by atoms with Crippen molar-refractivity contribution in [2.75, 3.05) is 6.61 Å². The van der Waals surface area contributed by atoms with Crippen LogP contribution in [0.5, 0.6) is 0 Å². The summed E-state index contributed by atoms with van der Waals surface area (Å²) < 4.78 is 4.71. The normalized spacial score (nSPS) is 11.2. The Morgan fingerprint density at radius 2 is 2.30 bits per heavy atom. The SMILES string of the molecule is CC=C(N)C(=O)OCCC. The molecule has 0 bridgehead atoms. The molecule has 0 aliphatic rings. The fourth-order valence-corrected chi connectivity index (χ4v) is 0.396. The quantitative estimate of drug-likeness (QED) is 0.469. The van der Waals surface area contributed by atoms with E-state index in [4.69, 9.17) is 10.5 Å². The summed E-state index contributed by atoms with van der Waals surface area (Å²) in [5.41, 5.74) is 5.42. The van der Waals surface area contributed by atoms with Gasteiger partial charge in [-0.05, 0) is 13.3 Å². The molecular formula is C7H13NO2. The van der Waals surface area contributed by atoms with E-state index in [1.54, 1.807) is 6.92 Å². The summed E-state index contributed by atoms with van der Waals surface area (Å²) in [6, 6.07) is 0. The summed E-state index contributed by atoms with van der Waals surface area (Å²) in [5, 5.41) is 0. The van der Waals surface area contributed by atoms with E-state index < -0.39 is 5.97 Å². The number of nitrogens with two attached hydrogens (primary N) is 1. The van der Waals surface area contributed by atoms with Crippen molar-refractivity contribution in [2.24, 2.45) is 5.73 Å². The molecule has 3 heteroatoms. The Morgan fingerprint density at radius 1 is 1.70 bits per heavy atom. The highest BCUT2D eigenvalue weighted by Crippen LogP contribution is 1.89. The molecule has 2 N–H and O–H groups in total. The molecule has 0 saturated carbocycles. The maximum absolute atomic E-state index is 10.7. The second kappa shape index (κ2) is 4.85. The first-order valence-corrected chi connectivity index (χ1v) is 3.31. The fourth-order valence-electron chi connectivity index (χ4n) is 0.396. The standard InChI is InChI=1S/C7H13NO2/c1-3-5-10-7(9)6(8)4-2/h4H,3,5,8H2,1-2H3. The number of hydrogen-bond donors (Lipinski definition) is 1. The monoisotopic (exact) mass is 143 g/mol. The molecule has 0 unspecified atom stereocenters. The number of allylic oxidation sites excluding steroid dienone is 1. The summed E-state index contributed by atoms with van der Waals surface area (Å²) in [7, 11) is 0. The number of rotatable bonds is 3. The van der Waals surface area contributed by atoms with E-state index in [-0.39, 0.29) is 5.70 Å². The smallest absolute Gasteiger partial charge is 0.353 e. The molecule has 0 saturated heterocycles. The molecule has 10 heavy (non-hydrogen) atoms. The highest BCUT2D eigenvalue weighted by atomic mass is 16.5. The Balaban J connectivity index is 3.63. The van der Waals surface area contributed by atoms with Crippen LogP contribution in [0, 0.1) is 0 Å². The average Bonchev–Trinajstić information content (AvgIpc) is 1.98. The highest BCUT2D eigenvalue weighted by Gasteiger charge is 2.02. The van der Waals surface area contributed by atoms with Crippen molar-refractivity contribution in [3.8, 4) is 0 Å². The van der Waals surface area contributed by atoms with E-state index in [0.717, 1.165) is 6.42 Å². The summed E-state index contributed by atoms with van der Waals surface area (Å²) >= 11 is 0. The largest absolute Gasteiger partial charge is 0.461 e. The molecule has 58 valence electrons. The van der Waals surface area contributed by atoms with E-state index >= 15 is 0 Å². The van der Waals surface area contributed by atoms with Crippen molar-refractivity contribution in [1.29, 1.82) is 0 Å². The molecule has 0 amide bonds. The lowest BCUT2D eigenvalue weighted by atomic mass is 10.4. The average molecular weight is 143 g/mol. The fraction of sp³-hybridized carbons (Fsp3) is 0.571. The maximum Gasteiger partial charge on any atom is 0.353 e. The van der Waals surface area contributed by atoms with Gasteiger partial charge in [-0.1, -0.05) is 13.0 Å². The minimum atomic E-state index is -0.427. The van der Waals surface area contributed by atoms with Gasteiger partial charge in [0.25, 0.3) is 0 Å². The predicted octanol–water partition coefficient (Wildman–Crippen LogP) is 0.802. The number of ether oxygens (including phenoxy) is 1. The Hall–Kier alpha value is -0.990. The number of hydrogen-bond acceptors (Lipinski definition) is 3. The third-order valence-electron chi connectivity index (χ3n) is 0.984. The lowest BCUT2D eigenvalue weighted by Crippen LogP contribution is -2.14. The van der Waals surface area contributed by atoms with E-state index in [0.29, 0.717) is 6.61 Å². The number of esters is 1. The van der Waals surface area contributed by atoms with Crippen LogP contribution in [-0.2, 0) is 9.53 Å². The van der Waals surface area contributed by atoms with Gasteiger partial charge in [0, 0.05) is 0 Å². The Labute approximate surface area is 60.9 Å². The van der Waals surface area contributed by atoms with E-state index in [2.05, 4.69) is 0 Å². The van der Waals surface area contributed by atoms with Crippen LogP contribution < -0.4 is 5.73 Å². The zero-order chi connectivity index (χ0) is 7.98. The van der Waals surface area contributed by atoms with Crippen LogP contribution in [0.2, 0.25) is 0 Å². The summed E-state index contributed by atoms with van der Waals surface area (Å²) in [6.45, 7) is 4.06. The van der Waals surface area contributed by atoms with Gasteiger partial charge in [-0.25, -0.2) is 4.79 Å². The molecular weight excluding hydrogens is 130 g/mol. The summed E-state index contributed by atoms with van der Waals surface area (Å²) in [4.78, 5) is 10.7. The second-order valence-electron chi connectivity index (χ2n) is 1.88. The van der Waals surface area contributed by atoms with Crippen LogP contribution in [0.15, 0.2) is 11.8 Å². The van der Waals surface area contributed by atoms with Crippen LogP contribution >= 0.6 is 0 Å². The molecule has 0 aliphatic carbocycles. The first kappa shape index (κ1) is 9.01. The molecule has 0 fully saturated rings. The van der Waals surface area contributed by atoms with E-state index in [1.165, 1.54) is 6.08 Å². The van der Waals surface area contributed by atoms with Crippen molar-refractivity contribution in [1.82, 2.24) is 0 Å². The molecule has 0 aromatic rings. The maximum atomic E-state index is 10.7. The van der Waals surface area contributed by atoms with Gasteiger partial charge in [0.2, 0.25) is 0 Å². The number of carbonyl (C=O) groups is 1. The topological polar surface area (TPSA) is 52.3 Å². The van der Waals surface area contributed by atoms with Crippen LogP contribution in [-0.4, -0.2) is 12.6 Å². The van der Waals surface area contributed by atoms with Gasteiger partial charge in [0.05, 0.1) is 6.61 Å². The van der Waals surface area contributed by atoms with Crippen LogP contribution in [0.1, 0.15) is 20.3 Å². The molecule has 0 aromatic heterocycles. The van der Waals surface area contributed by atoms with Crippen LogP contribution in [0.4, 0.5) is 0 Å². The molecule has 0 aromatic carbocycles. The van der Waals surface area contributed by atoms with E-state index in [1.807, 2.05) is 6.92 Å². The minimum absolute atomic E-state index is 0.174. The number of carbonyl (C=O) groups excluding carboxylic acids is 1. The lowest BCUT2D eigenvalue weighted by Gasteiger charge is -2.00. The van der Waals surface area contributed by atoms with Gasteiger partial charge in [0.15, 0.2) is 0 Å². The molecule has 3 nitrogen and oxygen atoms in total. The lowest BCUT2D eigenvalue weighted by molar-refractivity contribution is -0.139. The third-order valence-corrected chi connectivity index (χ3v) is 0.984. The van der Waals surface area contributed by atoms with Crippen molar-refractivity contribution < 1.29 is 9.53 Å². The minimum Gasteiger partial charge on any atom is -0.461 e. The molecule has 0 heterocycles. The van der Waals surface area contributed by atoms with Crippen molar-refractivity contribution in [3.63, 3.8) is 0 Å². The summed E-state index contributed by atoms with van der Waals surface area (Å²) in [5.74, 6) is -0.427. The molecule has 0 atom stereocenters. The molecule has 0 radical (unpaired) electrons. The van der Waals surface area contributed by atoms with Crippen molar-refractivity contribution >= 4 is 5.97 Å². The van der Waals surface area contributed by atoms with Gasteiger partial charge in [-0.3, -0.25) is 0 Å². The first-order chi connectivity index (χ1) is 4.72. The first-order valence-electron chi connectivity index (χ1n) is 3.31. The summed E-state index contributed by atoms with van der Waals surface area (Å²) in [6.07, 6.45) is 2.35. The Kier molecular flexibility index (Phi) is 4.37. The van der Waals surface area contributed by atoms with Crippen LogP contribution in [0.3, 0.4) is 0 Å². The van der Waals surface area contributed by atoms with Gasteiger partial charge in [-0.15, -0.1) is 0 Å². The highest BCUT2D eigenvalue weighted by molar-refractivity contribution is 5.87. The molecule has 0 rings (SSSR count). The second-order valence-corrected chi connectivity index (χ2v) is 1.88. The third kappa shape index (κ3) is 3.12. The van der Waals surface area contributed by atoms with Crippen LogP contribution in [0.25, 0.3) is 0 Å².